The van der Waals surface area contributed by atoms with Crippen LogP contribution in [-0.4, -0.2) is 136 Å². The number of carboxylic acids is 1. The summed E-state index contributed by atoms with van der Waals surface area (Å²) in [6.45, 7) is 5.86. The minimum Gasteiger partial charge on any atom is -0.480 e. The molecular weight excluding hydrogens is 472 g/mol. The van der Waals surface area contributed by atoms with E-state index in [1.54, 1.807) is 0 Å². The van der Waals surface area contributed by atoms with Crippen molar-refractivity contribution in [2.45, 2.75) is 0 Å². The number of nitrogens with one attached hydrogen (secondary N) is 1. The van der Waals surface area contributed by atoms with Crippen molar-refractivity contribution in [1.29, 1.82) is 0 Å². The van der Waals surface area contributed by atoms with Crippen LogP contribution in [0.4, 0.5) is 0 Å². The van der Waals surface area contributed by atoms with E-state index in [-0.39, 0.29) is 6.61 Å². The molecule has 0 aliphatic carbocycles. The molecule has 0 fully saturated rings. The van der Waals surface area contributed by atoms with Gasteiger partial charge < -0.3 is 48.3 Å². The van der Waals surface area contributed by atoms with Crippen molar-refractivity contribution in [1.82, 2.24) is 5.32 Å². The van der Waals surface area contributed by atoms with E-state index in [1.165, 1.54) is 0 Å². The first-order valence-electron chi connectivity index (χ1n) is 11.3. The molecule has 0 radical (unpaired) electrons. The second-order valence-electron chi connectivity index (χ2n) is 6.48. The van der Waals surface area contributed by atoms with Crippen LogP contribution in [0.2, 0.25) is 0 Å². The fraction of sp³-hybridized carbons (Fsp3) is 0.900. The fourth-order valence-electron chi connectivity index (χ4n) is 2.12. The van der Waals surface area contributed by atoms with Crippen LogP contribution in [0.1, 0.15) is 0 Å². The number of aliphatic carboxylic acids is 1. The van der Waals surface area contributed by atoms with Gasteiger partial charge >= 0.3 is 5.97 Å². The maximum absolute atomic E-state index is 11.3. The number of rotatable bonds is 28. The Bertz CT molecular complexity index is 551. The molecule has 15 nitrogen and oxygen atoms in total. The SMILES string of the molecule is [N-]=[N+]=NCCOCCOCCOCCOCCOCCOCCOCCNC(=O)COCC(=O)O. The number of hydrogen-bond acceptors (Lipinski definition) is 11. The summed E-state index contributed by atoms with van der Waals surface area (Å²) in [6.07, 6.45) is 0. The summed E-state index contributed by atoms with van der Waals surface area (Å²) in [5.74, 6) is -1.52. The molecule has 15 heteroatoms. The highest BCUT2D eigenvalue weighted by Gasteiger charge is 2.03. The highest BCUT2D eigenvalue weighted by Crippen LogP contribution is 1.85. The van der Waals surface area contributed by atoms with E-state index in [0.29, 0.717) is 106 Å². The van der Waals surface area contributed by atoms with Crippen LogP contribution in [0.25, 0.3) is 10.4 Å². The molecule has 0 aromatic carbocycles. The van der Waals surface area contributed by atoms with E-state index in [2.05, 4.69) is 20.1 Å². The van der Waals surface area contributed by atoms with Crippen LogP contribution in [0.5, 0.6) is 0 Å². The number of ether oxygens (including phenoxy) is 8. The van der Waals surface area contributed by atoms with Crippen LogP contribution in [0.15, 0.2) is 5.11 Å². The Hall–Kier alpha value is -2.07. The van der Waals surface area contributed by atoms with Crippen molar-refractivity contribution >= 4 is 11.9 Å². The van der Waals surface area contributed by atoms with Gasteiger partial charge in [0.25, 0.3) is 0 Å². The van der Waals surface area contributed by atoms with Gasteiger partial charge in [0.2, 0.25) is 5.91 Å². The molecule has 0 aromatic heterocycles. The number of nitrogens with zero attached hydrogens (tertiary/aromatic N) is 3. The molecule has 1 amide bonds. The minimum absolute atomic E-state index is 0.300. The summed E-state index contributed by atoms with van der Waals surface area (Å²) in [7, 11) is 0. The van der Waals surface area contributed by atoms with Crippen LogP contribution >= 0.6 is 0 Å². The molecule has 204 valence electrons. The summed E-state index contributed by atoms with van der Waals surface area (Å²) < 4.78 is 42.0. The Morgan fingerprint density at radius 1 is 0.629 bits per heavy atom. The maximum Gasteiger partial charge on any atom is 0.329 e. The molecule has 0 unspecified atom stereocenters. The lowest BCUT2D eigenvalue weighted by Gasteiger charge is -2.09. The molecule has 0 bridgehead atoms. The highest BCUT2D eigenvalue weighted by molar-refractivity contribution is 5.77. The second kappa shape index (κ2) is 28.2. The predicted molar refractivity (Wildman–Crippen MR) is 121 cm³/mol. The summed E-state index contributed by atoms with van der Waals surface area (Å²) in [6, 6.07) is 0. The molecule has 0 rings (SSSR count). The van der Waals surface area contributed by atoms with Gasteiger partial charge in [-0.25, -0.2) is 4.79 Å². The van der Waals surface area contributed by atoms with Gasteiger partial charge in [0.1, 0.15) is 13.2 Å². The highest BCUT2D eigenvalue weighted by atomic mass is 16.6. The van der Waals surface area contributed by atoms with Crippen LogP contribution in [-0.2, 0) is 47.5 Å². The van der Waals surface area contributed by atoms with Gasteiger partial charge in [0.15, 0.2) is 0 Å². The Morgan fingerprint density at radius 2 is 1.03 bits per heavy atom. The zero-order chi connectivity index (χ0) is 25.7. The number of carbonyl (C=O) groups is 2. The predicted octanol–water partition coefficient (Wildman–Crippen LogP) is -0.370. The molecular formula is C20H38N4O11. The molecule has 0 aromatic rings. The Balaban J connectivity index is 3.10. The van der Waals surface area contributed by atoms with Crippen molar-refractivity contribution in [2.24, 2.45) is 5.11 Å². The third-order valence-corrected chi connectivity index (χ3v) is 3.66. The van der Waals surface area contributed by atoms with Gasteiger partial charge in [0.05, 0.1) is 92.5 Å². The first-order valence-corrected chi connectivity index (χ1v) is 11.3. The number of hydrogen-bond donors (Lipinski definition) is 2. The minimum atomic E-state index is -1.12. The van der Waals surface area contributed by atoms with Gasteiger partial charge in [0, 0.05) is 18.0 Å². The smallest absolute Gasteiger partial charge is 0.329 e. The third-order valence-electron chi connectivity index (χ3n) is 3.66. The largest absolute Gasteiger partial charge is 0.480 e. The van der Waals surface area contributed by atoms with Gasteiger partial charge in [-0.3, -0.25) is 4.79 Å². The Morgan fingerprint density at radius 3 is 1.43 bits per heavy atom. The molecule has 0 saturated carbocycles. The fourth-order valence-corrected chi connectivity index (χ4v) is 2.12. The number of carbonyl (C=O) groups excluding carboxylic acids is 1. The van der Waals surface area contributed by atoms with E-state index < -0.39 is 18.5 Å². The van der Waals surface area contributed by atoms with E-state index in [1.807, 2.05) is 0 Å². The molecule has 0 spiro atoms. The van der Waals surface area contributed by atoms with Crippen molar-refractivity contribution < 1.29 is 52.6 Å². The molecule has 0 aliphatic rings. The molecule has 2 N–H and O–H groups in total. The van der Waals surface area contributed by atoms with Gasteiger partial charge in [-0.15, -0.1) is 0 Å². The zero-order valence-corrected chi connectivity index (χ0v) is 20.1. The lowest BCUT2D eigenvalue weighted by molar-refractivity contribution is -0.143. The van der Waals surface area contributed by atoms with Crippen molar-refractivity contribution in [3.63, 3.8) is 0 Å². The normalized spacial score (nSPS) is 10.7. The van der Waals surface area contributed by atoms with E-state index in [4.69, 9.17) is 43.8 Å². The summed E-state index contributed by atoms with van der Waals surface area (Å²) in [5, 5.41) is 14.3. The molecule has 0 heterocycles. The van der Waals surface area contributed by atoms with Gasteiger partial charge in [-0.1, -0.05) is 5.11 Å². The van der Waals surface area contributed by atoms with Gasteiger partial charge in [-0.2, -0.15) is 0 Å². The number of azide groups is 1. The molecule has 0 aliphatic heterocycles. The molecule has 0 saturated heterocycles. The van der Waals surface area contributed by atoms with E-state index in [9.17, 15) is 9.59 Å². The van der Waals surface area contributed by atoms with Crippen molar-refractivity contribution in [3.05, 3.63) is 10.4 Å². The Kier molecular flexibility index (Phi) is 26.5. The van der Waals surface area contributed by atoms with Crippen LogP contribution < -0.4 is 5.32 Å². The van der Waals surface area contributed by atoms with Crippen LogP contribution in [0, 0.1) is 0 Å². The Labute approximate surface area is 204 Å². The number of carboxylic acid groups (broad SMARTS) is 1. The number of amides is 1. The average molecular weight is 511 g/mol. The van der Waals surface area contributed by atoms with Crippen molar-refractivity contribution in [2.75, 3.05) is 119 Å². The monoisotopic (exact) mass is 510 g/mol. The van der Waals surface area contributed by atoms with E-state index >= 15 is 0 Å². The lowest BCUT2D eigenvalue weighted by Crippen LogP contribution is -2.31. The topological polar surface area (TPSA) is 189 Å². The summed E-state index contributed by atoms with van der Waals surface area (Å²) in [5.41, 5.74) is 8.10. The summed E-state index contributed by atoms with van der Waals surface area (Å²) >= 11 is 0. The maximum atomic E-state index is 11.3. The third kappa shape index (κ3) is 29.9. The van der Waals surface area contributed by atoms with Gasteiger partial charge in [-0.05, 0) is 5.53 Å². The summed E-state index contributed by atoms with van der Waals surface area (Å²) in [4.78, 5) is 24.2. The first kappa shape index (κ1) is 32.9. The second-order valence-corrected chi connectivity index (χ2v) is 6.48. The quantitative estimate of drug-likeness (QED) is 0.0604. The lowest BCUT2D eigenvalue weighted by atomic mass is 10.6. The van der Waals surface area contributed by atoms with E-state index in [0.717, 1.165) is 0 Å². The standard InChI is InChI=1S/C20H38N4O11/c21-24-23-2-4-29-6-8-31-10-12-33-14-16-34-15-13-32-11-9-30-7-5-28-3-1-22-19(25)17-35-18-20(26)27/h1-18H2,(H,22,25)(H,26,27). The average Bonchev–Trinajstić information content (AvgIpc) is 2.83. The zero-order valence-electron chi connectivity index (χ0n) is 20.1. The first-order chi connectivity index (χ1) is 17.2. The molecule has 0 atom stereocenters. The van der Waals surface area contributed by atoms with Crippen LogP contribution in [0.3, 0.4) is 0 Å². The molecule has 35 heavy (non-hydrogen) atoms. The van der Waals surface area contributed by atoms with Crippen molar-refractivity contribution in [3.8, 4) is 0 Å².